The number of nitrogens with zero attached hydrogens (tertiary/aromatic N) is 2. The van der Waals surface area contributed by atoms with Gasteiger partial charge in [-0.15, -0.1) is 0 Å². The third kappa shape index (κ3) is 4.24. The number of aryl methyl sites for hydroxylation is 1. The van der Waals surface area contributed by atoms with E-state index >= 15 is 0 Å². The number of aromatic nitrogens is 2. The zero-order valence-electron chi connectivity index (χ0n) is 17.3. The number of fused-ring (bicyclic) bond motifs is 1. The number of carbonyl (C=O) groups excluding carboxylic acids is 2. The molecule has 31 heavy (non-hydrogen) atoms. The summed E-state index contributed by atoms with van der Waals surface area (Å²) < 4.78 is 7.00. The standard InChI is InChI=1S/C25H25N3O3/c29-24(26-21-12-6-8-17-7-4-5-11-20(17)21)16-31-25(30)23-15-22(18-13-14-18)27-28(23)19-9-2-1-3-10-19/h1-5,7,9-11,15,18,21H,6,8,12-14,16H2,(H,26,29)/t21-/m0/s1. The van der Waals surface area contributed by atoms with E-state index in [1.807, 2.05) is 42.5 Å². The van der Waals surface area contributed by atoms with Crippen molar-refractivity contribution in [2.45, 2.75) is 44.1 Å². The third-order valence-electron chi connectivity index (χ3n) is 5.97. The highest BCUT2D eigenvalue weighted by Crippen LogP contribution is 2.39. The molecule has 1 aromatic heterocycles. The van der Waals surface area contributed by atoms with Gasteiger partial charge in [-0.25, -0.2) is 9.48 Å². The van der Waals surface area contributed by atoms with Crippen LogP contribution in [0.4, 0.5) is 0 Å². The first kappa shape index (κ1) is 19.5. The lowest BCUT2D eigenvalue weighted by Gasteiger charge is -2.26. The van der Waals surface area contributed by atoms with Crippen LogP contribution in [0.3, 0.4) is 0 Å². The molecule has 1 N–H and O–H groups in total. The lowest BCUT2D eigenvalue weighted by molar-refractivity contribution is -0.125. The predicted octanol–water partition coefficient (Wildman–Crippen LogP) is 4.10. The van der Waals surface area contributed by atoms with Crippen molar-refractivity contribution in [3.05, 3.63) is 83.2 Å². The number of amides is 1. The van der Waals surface area contributed by atoms with Gasteiger partial charge >= 0.3 is 5.97 Å². The zero-order chi connectivity index (χ0) is 21.2. The lowest BCUT2D eigenvalue weighted by atomic mass is 9.88. The minimum Gasteiger partial charge on any atom is -0.451 e. The highest BCUT2D eigenvalue weighted by atomic mass is 16.5. The maximum Gasteiger partial charge on any atom is 0.357 e. The highest BCUT2D eigenvalue weighted by molar-refractivity contribution is 5.90. The molecule has 1 amide bonds. The molecule has 2 aromatic carbocycles. The van der Waals surface area contributed by atoms with E-state index in [0.29, 0.717) is 11.6 Å². The van der Waals surface area contributed by atoms with Crippen LogP contribution in [0.15, 0.2) is 60.7 Å². The van der Waals surface area contributed by atoms with E-state index in [4.69, 9.17) is 4.74 Å². The molecule has 0 spiro atoms. The molecule has 0 radical (unpaired) electrons. The average Bonchev–Trinajstić information content (AvgIpc) is 3.56. The molecule has 1 heterocycles. The fourth-order valence-corrected chi connectivity index (χ4v) is 4.23. The summed E-state index contributed by atoms with van der Waals surface area (Å²) in [4.78, 5) is 25.4. The minimum absolute atomic E-state index is 0.0348. The monoisotopic (exact) mass is 415 g/mol. The summed E-state index contributed by atoms with van der Waals surface area (Å²) in [6.07, 6.45) is 5.13. The molecular weight excluding hydrogens is 390 g/mol. The number of carbonyl (C=O) groups is 2. The Morgan fingerprint density at radius 2 is 1.81 bits per heavy atom. The van der Waals surface area contributed by atoms with Gasteiger partial charge in [0.1, 0.15) is 0 Å². The van der Waals surface area contributed by atoms with Crippen LogP contribution in [0, 0.1) is 0 Å². The van der Waals surface area contributed by atoms with E-state index in [9.17, 15) is 9.59 Å². The van der Waals surface area contributed by atoms with E-state index in [1.54, 1.807) is 10.7 Å². The lowest BCUT2D eigenvalue weighted by Crippen LogP contribution is -2.34. The van der Waals surface area contributed by atoms with E-state index in [1.165, 1.54) is 5.56 Å². The van der Waals surface area contributed by atoms with Gasteiger partial charge in [-0.2, -0.15) is 5.10 Å². The number of hydrogen-bond acceptors (Lipinski definition) is 4. The van der Waals surface area contributed by atoms with Gasteiger partial charge in [-0.1, -0.05) is 42.5 Å². The molecule has 1 atom stereocenters. The van der Waals surface area contributed by atoms with E-state index < -0.39 is 5.97 Å². The van der Waals surface area contributed by atoms with Crippen LogP contribution >= 0.6 is 0 Å². The van der Waals surface area contributed by atoms with Crippen LogP contribution in [0.1, 0.15) is 65.0 Å². The maximum absolute atomic E-state index is 12.8. The summed E-state index contributed by atoms with van der Waals surface area (Å²) in [6, 6.07) is 19.5. The fourth-order valence-electron chi connectivity index (χ4n) is 4.23. The quantitative estimate of drug-likeness (QED) is 0.615. The van der Waals surface area contributed by atoms with Gasteiger partial charge in [-0.3, -0.25) is 4.79 Å². The van der Waals surface area contributed by atoms with Crippen LogP contribution in [-0.4, -0.2) is 28.3 Å². The molecule has 3 aromatic rings. The van der Waals surface area contributed by atoms with Crippen molar-refractivity contribution in [3.63, 3.8) is 0 Å². The van der Waals surface area contributed by atoms with Gasteiger partial charge in [0.15, 0.2) is 12.3 Å². The smallest absolute Gasteiger partial charge is 0.357 e. The first-order valence-electron chi connectivity index (χ1n) is 10.9. The normalized spacial score (nSPS) is 17.6. The summed E-state index contributed by atoms with van der Waals surface area (Å²) >= 11 is 0. The van der Waals surface area contributed by atoms with Gasteiger partial charge in [0.05, 0.1) is 17.4 Å². The predicted molar refractivity (Wildman–Crippen MR) is 116 cm³/mol. The second kappa shape index (κ2) is 8.38. The van der Waals surface area contributed by atoms with Crippen molar-refractivity contribution in [2.75, 3.05) is 6.61 Å². The molecule has 6 nitrogen and oxygen atoms in total. The molecule has 1 saturated carbocycles. The number of rotatable bonds is 6. The highest BCUT2D eigenvalue weighted by Gasteiger charge is 2.30. The van der Waals surface area contributed by atoms with Crippen molar-refractivity contribution in [2.24, 2.45) is 0 Å². The molecule has 5 rings (SSSR count). The summed E-state index contributed by atoms with van der Waals surface area (Å²) in [5.41, 5.74) is 4.48. The molecule has 1 fully saturated rings. The van der Waals surface area contributed by atoms with Crippen molar-refractivity contribution < 1.29 is 14.3 Å². The summed E-state index contributed by atoms with van der Waals surface area (Å²) in [5, 5.41) is 7.65. The van der Waals surface area contributed by atoms with Crippen LogP contribution in [0.2, 0.25) is 0 Å². The van der Waals surface area contributed by atoms with E-state index in [0.717, 1.165) is 49.0 Å². The average molecular weight is 415 g/mol. The van der Waals surface area contributed by atoms with Gasteiger partial charge < -0.3 is 10.1 Å². The van der Waals surface area contributed by atoms with Crippen LogP contribution in [0.25, 0.3) is 5.69 Å². The first-order chi connectivity index (χ1) is 15.2. The van der Waals surface area contributed by atoms with Crippen LogP contribution < -0.4 is 5.32 Å². The number of para-hydroxylation sites is 1. The molecule has 0 saturated heterocycles. The topological polar surface area (TPSA) is 73.2 Å². The van der Waals surface area contributed by atoms with Gasteiger partial charge in [-0.05, 0) is 61.4 Å². The van der Waals surface area contributed by atoms with Crippen molar-refractivity contribution in [3.8, 4) is 5.69 Å². The second-order valence-electron chi connectivity index (χ2n) is 8.26. The Bertz CT molecular complexity index is 1100. The molecule has 0 bridgehead atoms. The van der Waals surface area contributed by atoms with Crippen LogP contribution in [0.5, 0.6) is 0 Å². The molecule has 0 unspecified atom stereocenters. The minimum atomic E-state index is -0.539. The van der Waals surface area contributed by atoms with Crippen molar-refractivity contribution >= 4 is 11.9 Å². The number of esters is 1. The Labute approximate surface area is 181 Å². The van der Waals surface area contributed by atoms with E-state index in [2.05, 4.69) is 22.5 Å². The molecule has 0 aliphatic heterocycles. The van der Waals surface area contributed by atoms with Crippen LogP contribution in [-0.2, 0) is 16.0 Å². The van der Waals surface area contributed by atoms with Gasteiger partial charge in [0.2, 0.25) is 0 Å². The van der Waals surface area contributed by atoms with Gasteiger partial charge in [0.25, 0.3) is 5.91 Å². The summed E-state index contributed by atoms with van der Waals surface area (Å²) in [5.74, 6) is -0.420. The Hall–Kier alpha value is -3.41. The maximum atomic E-state index is 12.8. The Kier molecular flexibility index (Phi) is 5.28. The Morgan fingerprint density at radius 1 is 1.03 bits per heavy atom. The first-order valence-corrected chi connectivity index (χ1v) is 10.9. The molecule has 6 heteroatoms. The van der Waals surface area contributed by atoms with E-state index in [-0.39, 0.29) is 18.6 Å². The third-order valence-corrected chi connectivity index (χ3v) is 5.97. The summed E-state index contributed by atoms with van der Waals surface area (Å²) in [7, 11) is 0. The molecule has 158 valence electrons. The molecule has 2 aliphatic carbocycles. The Balaban J connectivity index is 1.26. The summed E-state index contributed by atoms with van der Waals surface area (Å²) in [6.45, 7) is -0.309. The largest absolute Gasteiger partial charge is 0.451 e. The fraction of sp³-hybridized carbons (Fsp3) is 0.320. The number of benzene rings is 2. The number of hydrogen-bond donors (Lipinski definition) is 1. The number of nitrogens with one attached hydrogen (secondary N) is 1. The van der Waals surface area contributed by atoms with Crippen molar-refractivity contribution in [1.82, 2.24) is 15.1 Å². The van der Waals surface area contributed by atoms with Crippen molar-refractivity contribution in [1.29, 1.82) is 0 Å². The Morgan fingerprint density at radius 3 is 2.61 bits per heavy atom. The zero-order valence-corrected chi connectivity index (χ0v) is 17.3. The molecule has 2 aliphatic rings. The van der Waals surface area contributed by atoms with Gasteiger partial charge in [0, 0.05) is 5.92 Å². The second-order valence-corrected chi connectivity index (χ2v) is 8.26. The number of ether oxygens (including phenoxy) is 1. The molecular formula is C25H25N3O3. The SMILES string of the molecule is O=C(COC(=O)c1cc(C2CC2)nn1-c1ccccc1)N[C@H]1CCCc2ccccc21.